The number of hydrogen-bond acceptors (Lipinski definition) is 2. The first-order valence-corrected chi connectivity index (χ1v) is 7.56. The molecule has 3 heteroatoms. The Morgan fingerprint density at radius 3 is 2.62 bits per heavy atom. The minimum absolute atomic E-state index is 0.0410. The molecular formula is C18H25NO2. The molecule has 0 radical (unpaired) electrons. The SMILES string of the molecule is COc1ccc(C(C)(C)C)cc1NC(=O)C1CC=CCC1. The van der Waals surface area contributed by atoms with Crippen molar-refractivity contribution in [2.24, 2.45) is 5.92 Å². The first-order chi connectivity index (χ1) is 9.91. The Morgan fingerprint density at radius 1 is 1.29 bits per heavy atom. The Labute approximate surface area is 127 Å². The number of carbonyl (C=O) groups excluding carboxylic acids is 1. The molecule has 0 aromatic heterocycles. The number of benzene rings is 1. The quantitative estimate of drug-likeness (QED) is 0.842. The highest BCUT2D eigenvalue weighted by molar-refractivity contribution is 5.94. The van der Waals surface area contributed by atoms with Crippen molar-refractivity contribution in [1.82, 2.24) is 0 Å². The molecule has 0 aliphatic heterocycles. The van der Waals surface area contributed by atoms with E-state index < -0.39 is 0 Å². The average Bonchev–Trinajstić information content (AvgIpc) is 2.47. The van der Waals surface area contributed by atoms with Gasteiger partial charge in [-0.2, -0.15) is 0 Å². The molecule has 2 rings (SSSR count). The van der Waals surface area contributed by atoms with Crippen molar-refractivity contribution in [3.63, 3.8) is 0 Å². The Balaban J connectivity index is 2.21. The maximum absolute atomic E-state index is 12.4. The van der Waals surface area contributed by atoms with Gasteiger partial charge in [0.1, 0.15) is 5.75 Å². The van der Waals surface area contributed by atoms with Gasteiger partial charge in [-0.3, -0.25) is 4.79 Å². The molecule has 1 amide bonds. The third-order valence-electron chi connectivity index (χ3n) is 3.96. The fourth-order valence-electron chi connectivity index (χ4n) is 2.54. The van der Waals surface area contributed by atoms with Crippen LogP contribution in [-0.2, 0) is 10.2 Å². The first-order valence-electron chi connectivity index (χ1n) is 7.56. The van der Waals surface area contributed by atoms with E-state index in [1.165, 1.54) is 5.56 Å². The van der Waals surface area contributed by atoms with Crippen molar-refractivity contribution in [3.05, 3.63) is 35.9 Å². The zero-order valence-corrected chi connectivity index (χ0v) is 13.4. The highest BCUT2D eigenvalue weighted by Gasteiger charge is 2.21. The Hall–Kier alpha value is -1.77. The van der Waals surface area contributed by atoms with E-state index in [2.05, 4.69) is 44.3 Å². The van der Waals surface area contributed by atoms with Crippen molar-refractivity contribution in [2.45, 2.75) is 45.4 Å². The van der Waals surface area contributed by atoms with Crippen LogP contribution in [0, 0.1) is 5.92 Å². The molecule has 1 aromatic carbocycles. The number of nitrogens with one attached hydrogen (secondary N) is 1. The molecule has 21 heavy (non-hydrogen) atoms. The molecule has 1 N–H and O–H groups in total. The van der Waals surface area contributed by atoms with Crippen LogP contribution in [0.15, 0.2) is 30.4 Å². The number of rotatable bonds is 3. The van der Waals surface area contributed by atoms with Crippen LogP contribution in [0.3, 0.4) is 0 Å². The molecule has 0 bridgehead atoms. The van der Waals surface area contributed by atoms with Crippen molar-refractivity contribution >= 4 is 11.6 Å². The summed E-state index contributed by atoms with van der Waals surface area (Å²) < 4.78 is 5.37. The molecule has 0 spiro atoms. The zero-order valence-electron chi connectivity index (χ0n) is 13.4. The van der Waals surface area contributed by atoms with Gasteiger partial charge >= 0.3 is 0 Å². The van der Waals surface area contributed by atoms with Crippen LogP contribution >= 0.6 is 0 Å². The predicted octanol–water partition coefficient (Wildman–Crippen LogP) is 4.29. The number of anilines is 1. The van der Waals surface area contributed by atoms with Gasteiger partial charge in [-0.25, -0.2) is 0 Å². The summed E-state index contributed by atoms with van der Waals surface area (Å²) in [6.45, 7) is 6.48. The van der Waals surface area contributed by atoms with Gasteiger partial charge < -0.3 is 10.1 Å². The number of allylic oxidation sites excluding steroid dienone is 2. The van der Waals surface area contributed by atoms with E-state index in [4.69, 9.17) is 4.74 Å². The molecule has 1 aliphatic carbocycles. The maximum Gasteiger partial charge on any atom is 0.227 e. The largest absolute Gasteiger partial charge is 0.495 e. The van der Waals surface area contributed by atoms with Crippen LogP contribution in [0.4, 0.5) is 5.69 Å². The minimum Gasteiger partial charge on any atom is -0.495 e. The summed E-state index contributed by atoms with van der Waals surface area (Å²) >= 11 is 0. The fraction of sp³-hybridized carbons (Fsp3) is 0.500. The lowest BCUT2D eigenvalue weighted by atomic mass is 9.86. The van der Waals surface area contributed by atoms with Crippen LogP contribution in [0.1, 0.15) is 45.6 Å². The number of hydrogen-bond donors (Lipinski definition) is 1. The van der Waals surface area contributed by atoms with E-state index in [1.54, 1.807) is 7.11 Å². The summed E-state index contributed by atoms with van der Waals surface area (Å²) in [5, 5.41) is 3.05. The topological polar surface area (TPSA) is 38.3 Å². The van der Waals surface area contributed by atoms with Gasteiger partial charge in [-0.1, -0.05) is 39.0 Å². The minimum atomic E-state index is 0.0410. The Bertz CT molecular complexity index is 541. The lowest BCUT2D eigenvalue weighted by molar-refractivity contribution is -0.120. The number of amides is 1. The molecule has 114 valence electrons. The lowest BCUT2D eigenvalue weighted by Gasteiger charge is -2.22. The second-order valence-electron chi connectivity index (χ2n) is 6.64. The smallest absolute Gasteiger partial charge is 0.227 e. The molecule has 0 saturated carbocycles. The van der Waals surface area contributed by atoms with Gasteiger partial charge in [0.2, 0.25) is 5.91 Å². The van der Waals surface area contributed by atoms with Gasteiger partial charge in [-0.05, 0) is 42.4 Å². The van der Waals surface area contributed by atoms with Crippen LogP contribution in [0.25, 0.3) is 0 Å². The van der Waals surface area contributed by atoms with E-state index in [-0.39, 0.29) is 17.2 Å². The van der Waals surface area contributed by atoms with E-state index in [0.717, 1.165) is 24.9 Å². The Kier molecular flexibility index (Phi) is 4.71. The highest BCUT2D eigenvalue weighted by atomic mass is 16.5. The van der Waals surface area contributed by atoms with Crippen molar-refractivity contribution in [3.8, 4) is 5.75 Å². The standard InChI is InChI=1S/C18H25NO2/c1-18(2,3)14-10-11-16(21-4)15(12-14)19-17(20)13-8-6-5-7-9-13/h5-6,10-13H,7-9H2,1-4H3,(H,19,20). The third-order valence-corrected chi connectivity index (χ3v) is 3.96. The van der Waals surface area contributed by atoms with E-state index in [1.807, 2.05) is 12.1 Å². The van der Waals surface area contributed by atoms with Crippen LogP contribution < -0.4 is 10.1 Å². The number of methoxy groups -OCH3 is 1. The zero-order chi connectivity index (χ0) is 15.5. The van der Waals surface area contributed by atoms with Crippen LogP contribution in [0.5, 0.6) is 5.75 Å². The van der Waals surface area contributed by atoms with Crippen molar-refractivity contribution < 1.29 is 9.53 Å². The summed E-state index contributed by atoms with van der Waals surface area (Å²) in [5.41, 5.74) is 1.99. The summed E-state index contributed by atoms with van der Waals surface area (Å²) in [6.07, 6.45) is 6.97. The van der Waals surface area contributed by atoms with Gasteiger partial charge in [0, 0.05) is 5.92 Å². The highest BCUT2D eigenvalue weighted by Crippen LogP contribution is 2.32. The second-order valence-corrected chi connectivity index (χ2v) is 6.64. The average molecular weight is 287 g/mol. The molecule has 0 fully saturated rings. The van der Waals surface area contributed by atoms with Crippen LogP contribution in [0.2, 0.25) is 0 Å². The maximum atomic E-state index is 12.4. The molecule has 1 aliphatic rings. The normalized spacial score (nSPS) is 18.4. The lowest BCUT2D eigenvalue weighted by Crippen LogP contribution is -2.24. The monoisotopic (exact) mass is 287 g/mol. The van der Waals surface area contributed by atoms with E-state index in [0.29, 0.717) is 5.75 Å². The number of carbonyl (C=O) groups is 1. The number of ether oxygens (including phenoxy) is 1. The molecule has 3 nitrogen and oxygen atoms in total. The van der Waals surface area contributed by atoms with E-state index >= 15 is 0 Å². The van der Waals surface area contributed by atoms with Crippen molar-refractivity contribution in [2.75, 3.05) is 12.4 Å². The first kappa shape index (κ1) is 15.6. The summed E-state index contributed by atoms with van der Waals surface area (Å²) in [4.78, 5) is 12.4. The summed E-state index contributed by atoms with van der Waals surface area (Å²) in [6, 6.07) is 6.00. The van der Waals surface area contributed by atoms with Gasteiger partial charge in [0.05, 0.1) is 12.8 Å². The van der Waals surface area contributed by atoms with E-state index in [9.17, 15) is 4.79 Å². The van der Waals surface area contributed by atoms with Gasteiger partial charge in [0.25, 0.3) is 0 Å². The van der Waals surface area contributed by atoms with Gasteiger partial charge in [-0.15, -0.1) is 0 Å². The Morgan fingerprint density at radius 2 is 2.05 bits per heavy atom. The van der Waals surface area contributed by atoms with Gasteiger partial charge in [0.15, 0.2) is 0 Å². The summed E-state index contributed by atoms with van der Waals surface area (Å²) in [5.74, 6) is 0.865. The fourth-order valence-corrected chi connectivity index (χ4v) is 2.54. The molecule has 1 unspecified atom stereocenters. The molecular weight excluding hydrogens is 262 g/mol. The summed E-state index contributed by atoms with van der Waals surface area (Å²) in [7, 11) is 1.63. The predicted molar refractivity (Wildman–Crippen MR) is 86.8 cm³/mol. The second kappa shape index (κ2) is 6.33. The van der Waals surface area contributed by atoms with Crippen LogP contribution in [-0.4, -0.2) is 13.0 Å². The molecule has 0 saturated heterocycles. The molecule has 1 aromatic rings. The third kappa shape index (κ3) is 3.87. The molecule has 1 atom stereocenters. The van der Waals surface area contributed by atoms with Crippen molar-refractivity contribution in [1.29, 1.82) is 0 Å². The molecule has 0 heterocycles.